The van der Waals surface area contributed by atoms with Gasteiger partial charge in [-0.3, -0.25) is 24.2 Å². The highest BCUT2D eigenvalue weighted by Gasteiger charge is 2.35. The third-order valence-electron chi connectivity index (χ3n) is 4.70. The van der Waals surface area contributed by atoms with Gasteiger partial charge in [0.15, 0.2) is 0 Å². The highest BCUT2D eigenvalue weighted by Crippen LogP contribution is 2.22. The summed E-state index contributed by atoms with van der Waals surface area (Å²) in [6, 6.07) is 13.9. The van der Waals surface area contributed by atoms with Crippen molar-refractivity contribution >= 4 is 22.7 Å². The number of imide groups is 1. The fourth-order valence-electron chi connectivity index (χ4n) is 3.25. The Hall–Kier alpha value is -3.32. The first-order valence-electron chi connectivity index (χ1n) is 8.74. The lowest BCUT2D eigenvalue weighted by Crippen LogP contribution is -2.41. The van der Waals surface area contributed by atoms with Crippen molar-refractivity contribution in [2.45, 2.75) is 13.5 Å². The molecule has 136 valence electrons. The minimum absolute atomic E-state index is 0.138. The summed E-state index contributed by atoms with van der Waals surface area (Å²) in [5.74, 6) is -0.0970. The Morgan fingerprint density at radius 1 is 0.963 bits per heavy atom. The van der Waals surface area contributed by atoms with E-state index in [1.54, 1.807) is 42.5 Å². The minimum Gasteiger partial charge on any atom is -0.309 e. The summed E-state index contributed by atoms with van der Waals surface area (Å²) < 4.78 is 0. The van der Waals surface area contributed by atoms with Gasteiger partial charge in [0.25, 0.3) is 17.4 Å². The van der Waals surface area contributed by atoms with E-state index in [9.17, 15) is 14.4 Å². The second-order valence-corrected chi connectivity index (χ2v) is 6.40. The molecule has 0 radical (unpaired) electrons. The molecule has 0 aliphatic carbocycles. The summed E-state index contributed by atoms with van der Waals surface area (Å²) in [5, 5.41) is 0.532. The lowest BCUT2D eigenvalue weighted by atomic mass is 10.1. The predicted molar refractivity (Wildman–Crippen MR) is 100 cm³/mol. The number of nitrogens with zero attached hydrogens (tertiary/aromatic N) is 3. The minimum atomic E-state index is -0.297. The third kappa shape index (κ3) is 3.02. The van der Waals surface area contributed by atoms with Gasteiger partial charge in [0.1, 0.15) is 5.82 Å². The van der Waals surface area contributed by atoms with Gasteiger partial charge in [-0.1, -0.05) is 31.2 Å². The Morgan fingerprint density at radius 2 is 1.59 bits per heavy atom. The number of H-pyrrole nitrogens is 1. The fraction of sp³-hybridized carbons (Fsp3) is 0.200. The number of carbonyl (C=O) groups is 2. The number of fused-ring (bicyclic) bond motifs is 2. The molecule has 1 aliphatic heterocycles. The number of aromatic nitrogens is 2. The van der Waals surface area contributed by atoms with Crippen molar-refractivity contribution in [3.8, 4) is 0 Å². The number of hydrogen-bond donors (Lipinski definition) is 1. The van der Waals surface area contributed by atoms with E-state index in [4.69, 9.17) is 0 Å². The van der Waals surface area contributed by atoms with Crippen molar-refractivity contribution in [1.29, 1.82) is 0 Å². The van der Waals surface area contributed by atoms with Gasteiger partial charge in [-0.05, 0) is 30.8 Å². The second-order valence-electron chi connectivity index (χ2n) is 6.40. The lowest BCUT2D eigenvalue weighted by molar-refractivity contribution is 0.0535. The van der Waals surface area contributed by atoms with Crippen LogP contribution in [0.5, 0.6) is 0 Å². The molecule has 7 heteroatoms. The molecule has 3 aromatic rings. The van der Waals surface area contributed by atoms with Crippen LogP contribution >= 0.6 is 0 Å². The lowest BCUT2D eigenvalue weighted by Gasteiger charge is -2.25. The van der Waals surface area contributed by atoms with E-state index in [0.717, 1.165) is 0 Å². The molecule has 7 nitrogen and oxygen atoms in total. The topological polar surface area (TPSA) is 86.4 Å². The van der Waals surface area contributed by atoms with Gasteiger partial charge in [0, 0.05) is 0 Å². The van der Waals surface area contributed by atoms with Crippen LogP contribution < -0.4 is 5.56 Å². The molecule has 1 aliphatic rings. The normalized spacial score (nSPS) is 13.6. The average Bonchev–Trinajstić information content (AvgIpc) is 2.92. The summed E-state index contributed by atoms with van der Waals surface area (Å²) in [5.41, 5.74) is 1.27. The first-order chi connectivity index (χ1) is 13.1. The molecule has 4 rings (SSSR count). The Labute approximate surface area is 155 Å². The van der Waals surface area contributed by atoms with Crippen LogP contribution in [0.15, 0.2) is 53.3 Å². The maximum absolute atomic E-state index is 12.5. The highest BCUT2D eigenvalue weighted by molar-refractivity contribution is 6.21. The van der Waals surface area contributed by atoms with E-state index in [-0.39, 0.29) is 24.0 Å². The molecule has 1 aromatic heterocycles. The molecule has 0 fully saturated rings. The quantitative estimate of drug-likeness (QED) is 0.702. The third-order valence-corrected chi connectivity index (χ3v) is 4.70. The van der Waals surface area contributed by atoms with E-state index < -0.39 is 0 Å². The zero-order valence-corrected chi connectivity index (χ0v) is 14.8. The Morgan fingerprint density at radius 3 is 2.26 bits per heavy atom. The zero-order chi connectivity index (χ0) is 19.0. The maximum Gasteiger partial charge on any atom is 0.262 e. The SMILES string of the molecule is CCN(Cc1nc2ccccc2c(=O)[nH]1)CN1C(=O)c2ccccc2C1=O. The Kier molecular flexibility index (Phi) is 4.29. The first kappa shape index (κ1) is 17.1. The molecule has 0 saturated heterocycles. The number of aromatic amines is 1. The summed E-state index contributed by atoms with van der Waals surface area (Å²) in [7, 11) is 0. The van der Waals surface area contributed by atoms with Crippen LogP contribution in [-0.2, 0) is 6.54 Å². The van der Waals surface area contributed by atoms with Crippen LogP contribution in [0.2, 0.25) is 0 Å². The Bertz CT molecular complexity index is 1070. The van der Waals surface area contributed by atoms with E-state index in [1.807, 2.05) is 17.9 Å². The Balaban J connectivity index is 1.57. The van der Waals surface area contributed by atoms with Gasteiger partial charge in [0.2, 0.25) is 0 Å². The molecule has 0 bridgehead atoms. The molecule has 0 saturated carbocycles. The number of carbonyl (C=O) groups excluding carboxylic acids is 2. The van der Waals surface area contributed by atoms with E-state index in [1.165, 1.54) is 4.90 Å². The molecule has 1 N–H and O–H groups in total. The number of hydrogen-bond acceptors (Lipinski definition) is 5. The fourth-order valence-corrected chi connectivity index (χ4v) is 3.25. The van der Waals surface area contributed by atoms with Gasteiger partial charge in [-0.25, -0.2) is 4.98 Å². The van der Waals surface area contributed by atoms with E-state index >= 15 is 0 Å². The highest BCUT2D eigenvalue weighted by atomic mass is 16.2. The molecule has 0 atom stereocenters. The van der Waals surface area contributed by atoms with Gasteiger partial charge < -0.3 is 4.98 Å². The monoisotopic (exact) mass is 362 g/mol. The van der Waals surface area contributed by atoms with Crippen LogP contribution in [0.4, 0.5) is 0 Å². The largest absolute Gasteiger partial charge is 0.309 e. The molecule has 0 unspecified atom stereocenters. The molecule has 2 amide bonds. The van der Waals surface area contributed by atoms with Crippen molar-refractivity contribution < 1.29 is 9.59 Å². The number of nitrogens with one attached hydrogen (secondary N) is 1. The van der Waals surface area contributed by atoms with E-state index in [0.29, 0.717) is 40.9 Å². The van der Waals surface area contributed by atoms with Gasteiger partial charge >= 0.3 is 0 Å². The van der Waals surface area contributed by atoms with Crippen molar-refractivity contribution in [3.63, 3.8) is 0 Å². The van der Waals surface area contributed by atoms with Crippen LogP contribution in [-0.4, -0.2) is 44.8 Å². The summed E-state index contributed by atoms with van der Waals surface area (Å²) in [6.45, 7) is 2.98. The van der Waals surface area contributed by atoms with Crippen LogP contribution in [0, 0.1) is 0 Å². The molecule has 2 heterocycles. The van der Waals surface area contributed by atoms with Crippen LogP contribution in [0.25, 0.3) is 10.9 Å². The molecule has 2 aromatic carbocycles. The van der Waals surface area contributed by atoms with Gasteiger partial charge in [-0.15, -0.1) is 0 Å². The molecular weight excluding hydrogens is 344 g/mol. The standard InChI is InChI=1S/C20H18N4O3/c1-2-23(11-17-21-16-10-6-5-9-15(16)18(25)22-17)12-24-19(26)13-7-3-4-8-14(13)20(24)27/h3-10H,2,11-12H2,1H3,(H,21,22,25). The van der Waals surface area contributed by atoms with Gasteiger partial charge in [0.05, 0.1) is 35.2 Å². The summed E-state index contributed by atoms with van der Waals surface area (Å²) >= 11 is 0. The molecular formula is C20H18N4O3. The van der Waals surface area contributed by atoms with Crippen molar-refractivity contribution in [1.82, 2.24) is 19.8 Å². The zero-order valence-electron chi connectivity index (χ0n) is 14.8. The second kappa shape index (κ2) is 6.77. The number of benzene rings is 2. The predicted octanol–water partition coefficient (Wildman–Crippen LogP) is 2.00. The average molecular weight is 362 g/mol. The number of amides is 2. The van der Waals surface area contributed by atoms with Crippen molar-refractivity contribution in [2.24, 2.45) is 0 Å². The van der Waals surface area contributed by atoms with Gasteiger partial charge in [-0.2, -0.15) is 0 Å². The number of rotatable bonds is 5. The molecule has 0 spiro atoms. The first-order valence-corrected chi connectivity index (χ1v) is 8.74. The van der Waals surface area contributed by atoms with Crippen LogP contribution in [0.1, 0.15) is 33.5 Å². The maximum atomic E-state index is 12.5. The van der Waals surface area contributed by atoms with Crippen LogP contribution in [0.3, 0.4) is 0 Å². The van der Waals surface area contributed by atoms with Crippen molar-refractivity contribution in [3.05, 3.63) is 75.8 Å². The molecule has 27 heavy (non-hydrogen) atoms. The summed E-state index contributed by atoms with van der Waals surface area (Å²) in [4.78, 5) is 47.7. The number of para-hydroxylation sites is 1. The smallest absolute Gasteiger partial charge is 0.262 e. The summed E-state index contributed by atoms with van der Waals surface area (Å²) in [6.07, 6.45) is 0. The van der Waals surface area contributed by atoms with Crippen molar-refractivity contribution in [2.75, 3.05) is 13.2 Å². The van der Waals surface area contributed by atoms with E-state index in [2.05, 4.69) is 9.97 Å².